The Bertz CT molecular complexity index is 593. The van der Waals surface area contributed by atoms with Crippen LogP contribution in [0.4, 0.5) is 5.69 Å². The van der Waals surface area contributed by atoms with Gasteiger partial charge in [0.05, 0.1) is 17.5 Å². The molecule has 0 aliphatic carbocycles. The molecular weight excluding hydrogens is 278 g/mol. The van der Waals surface area contributed by atoms with Crippen molar-refractivity contribution in [3.63, 3.8) is 0 Å². The summed E-state index contributed by atoms with van der Waals surface area (Å²) in [5, 5.41) is 10.0. The molecule has 1 saturated heterocycles. The van der Waals surface area contributed by atoms with Gasteiger partial charge in [0.1, 0.15) is 5.75 Å². The van der Waals surface area contributed by atoms with Crippen molar-refractivity contribution >= 4 is 15.7 Å². The van der Waals surface area contributed by atoms with E-state index in [1.807, 2.05) is 6.07 Å². The van der Waals surface area contributed by atoms with Crippen LogP contribution in [-0.2, 0) is 21.2 Å². The predicted octanol–water partition coefficient (Wildman–Crippen LogP) is 1.65. The number of phenolic OH excluding ortho intramolecular Hbond substituents is 1. The van der Waals surface area contributed by atoms with Crippen molar-refractivity contribution in [3.05, 3.63) is 23.8 Å². The molecule has 1 unspecified atom stereocenters. The number of hydrogen-bond acceptors (Lipinski definition) is 4. The summed E-state index contributed by atoms with van der Waals surface area (Å²) in [7, 11) is -3.45. The lowest BCUT2D eigenvalue weighted by atomic mass is 10.0. The molecule has 1 N–H and O–H groups in total. The average Bonchev–Trinajstić information content (AvgIpc) is 2.90. The van der Waals surface area contributed by atoms with Gasteiger partial charge in [0, 0.05) is 13.2 Å². The molecule has 3 rings (SSSR count). The third-order valence-electron chi connectivity index (χ3n) is 3.91. The molecule has 110 valence electrons. The quantitative estimate of drug-likeness (QED) is 0.921. The van der Waals surface area contributed by atoms with Gasteiger partial charge in [-0.25, -0.2) is 8.42 Å². The molecule has 0 radical (unpaired) electrons. The summed E-state index contributed by atoms with van der Waals surface area (Å²) in [5.41, 5.74) is 1.35. The minimum absolute atomic E-state index is 0.000768. The van der Waals surface area contributed by atoms with Gasteiger partial charge in [-0.05, 0) is 37.3 Å². The third kappa shape index (κ3) is 2.50. The van der Waals surface area contributed by atoms with Gasteiger partial charge in [-0.1, -0.05) is 12.1 Å². The molecule has 2 aliphatic rings. The van der Waals surface area contributed by atoms with Gasteiger partial charge >= 0.3 is 0 Å². The monoisotopic (exact) mass is 297 g/mol. The van der Waals surface area contributed by atoms with Gasteiger partial charge in [-0.3, -0.25) is 4.31 Å². The second kappa shape index (κ2) is 5.26. The SMILES string of the molecule is O=S(=O)(CC1CCCO1)N1CCCc2cccc(O)c21. The number of ether oxygens (including phenoxy) is 1. The Kier molecular flexibility index (Phi) is 3.60. The van der Waals surface area contributed by atoms with Crippen LogP contribution in [0.25, 0.3) is 0 Å². The van der Waals surface area contributed by atoms with E-state index in [0.29, 0.717) is 18.8 Å². The van der Waals surface area contributed by atoms with Crippen LogP contribution in [0.2, 0.25) is 0 Å². The van der Waals surface area contributed by atoms with Crippen LogP contribution < -0.4 is 4.31 Å². The zero-order valence-electron chi connectivity index (χ0n) is 11.3. The number of hydrogen-bond donors (Lipinski definition) is 1. The summed E-state index contributed by atoms with van der Waals surface area (Å²) >= 11 is 0. The highest BCUT2D eigenvalue weighted by Crippen LogP contribution is 2.37. The summed E-state index contributed by atoms with van der Waals surface area (Å²) < 4.78 is 32.0. The van der Waals surface area contributed by atoms with E-state index in [2.05, 4.69) is 0 Å². The number of fused-ring (bicyclic) bond motifs is 1. The summed E-state index contributed by atoms with van der Waals surface area (Å²) in [6.45, 7) is 1.07. The van der Waals surface area contributed by atoms with Crippen molar-refractivity contribution in [2.45, 2.75) is 31.8 Å². The van der Waals surface area contributed by atoms with Crippen molar-refractivity contribution < 1.29 is 18.3 Å². The third-order valence-corrected chi connectivity index (χ3v) is 5.74. The first-order chi connectivity index (χ1) is 9.58. The molecule has 5 nitrogen and oxygen atoms in total. The lowest BCUT2D eigenvalue weighted by Gasteiger charge is -2.31. The molecule has 1 fully saturated rings. The van der Waals surface area contributed by atoms with Crippen LogP contribution in [0.5, 0.6) is 5.75 Å². The normalized spacial score (nSPS) is 22.8. The molecule has 6 heteroatoms. The Morgan fingerprint density at radius 3 is 2.95 bits per heavy atom. The Morgan fingerprint density at radius 1 is 1.35 bits per heavy atom. The van der Waals surface area contributed by atoms with Crippen LogP contribution in [0.1, 0.15) is 24.8 Å². The maximum Gasteiger partial charge on any atom is 0.237 e. The van der Waals surface area contributed by atoms with Crippen LogP contribution in [0.3, 0.4) is 0 Å². The molecular formula is C14H19NO4S. The van der Waals surface area contributed by atoms with Gasteiger partial charge in [0.25, 0.3) is 0 Å². The lowest BCUT2D eigenvalue weighted by Crippen LogP contribution is -2.39. The number of aryl methyl sites for hydroxylation is 1. The highest BCUT2D eigenvalue weighted by atomic mass is 32.2. The largest absolute Gasteiger partial charge is 0.506 e. The van der Waals surface area contributed by atoms with E-state index in [4.69, 9.17) is 4.74 Å². The molecule has 0 amide bonds. The van der Waals surface area contributed by atoms with Crippen LogP contribution in [0, 0.1) is 0 Å². The van der Waals surface area contributed by atoms with Crippen molar-refractivity contribution in [3.8, 4) is 5.75 Å². The number of aromatic hydroxyl groups is 1. The topological polar surface area (TPSA) is 66.8 Å². The van der Waals surface area contributed by atoms with Gasteiger partial charge < -0.3 is 9.84 Å². The summed E-state index contributed by atoms with van der Waals surface area (Å²) in [5.74, 6) is 0.0407. The van der Waals surface area contributed by atoms with E-state index in [0.717, 1.165) is 31.2 Å². The van der Waals surface area contributed by atoms with Crippen LogP contribution >= 0.6 is 0 Å². The number of sulfonamides is 1. The van der Waals surface area contributed by atoms with Crippen molar-refractivity contribution in [1.82, 2.24) is 0 Å². The second-order valence-corrected chi connectivity index (χ2v) is 7.31. The van der Waals surface area contributed by atoms with E-state index in [9.17, 15) is 13.5 Å². The first-order valence-electron chi connectivity index (χ1n) is 7.01. The second-order valence-electron chi connectivity index (χ2n) is 5.37. The Labute approximate surface area is 119 Å². The minimum Gasteiger partial charge on any atom is -0.506 e. The van der Waals surface area contributed by atoms with Gasteiger partial charge in [-0.2, -0.15) is 0 Å². The molecule has 2 aliphatic heterocycles. The standard InChI is InChI=1S/C14H19NO4S/c16-13-7-1-4-11-5-2-8-15(14(11)13)20(17,18)10-12-6-3-9-19-12/h1,4,7,12,16H,2-3,5-6,8-10H2. The predicted molar refractivity (Wildman–Crippen MR) is 76.5 cm³/mol. The van der Waals surface area contributed by atoms with Crippen LogP contribution in [-0.4, -0.2) is 38.5 Å². The zero-order valence-corrected chi connectivity index (χ0v) is 12.1. The smallest absolute Gasteiger partial charge is 0.237 e. The molecule has 2 heterocycles. The Morgan fingerprint density at radius 2 is 2.20 bits per heavy atom. The highest BCUT2D eigenvalue weighted by molar-refractivity contribution is 7.92. The molecule has 20 heavy (non-hydrogen) atoms. The molecule has 1 atom stereocenters. The minimum atomic E-state index is -3.45. The molecule has 0 aromatic heterocycles. The molecule has 1 aromatic rings. The van der Waals surface area contributed by atoms with Gasteiger partial charge in [0.15, 0.2) is 0 Å². The van der Waals surface area contributed by atoms with Crippen molar-refractivity contribution in [1.29, 1.82) is 0 Å². The first kappa shape index (κ1) is 13.7. The van der Waals surface area contributed by atoms with E-state index in [1.54, 1.807) is 12.1 Å². The van der Waals surface area contributed by atoms with Gasteiger partial charge in [-0.15, -0.1) is 0 Å². The summed E-state index contributed by atoms with van der Waals surface area (Å²) in [6.07, 6.45) is 3.08. The van der Waals surface area contributed by atoms with Crippen molar-refractivity contribution in [2.75, 3.05) is 23.2 Å². The van der Waals surface area contributed by atoms with Crippen LogP contribution in [0.15, 0.2) is 18.2 Å². The Hall–Kier alpha value is -1.27. The first-order valence-corrected chi connectivity index (χ1v) is 8.62. The average molecular weight is 297 g/mol. The lowest BCUT2D eigenvalue weighted by molar-refractivity contribution is 0.127. The molecule has 0 spiro atoms. The van der Waals surface area contributed by atoms with E-state index >= 15 is 0 Å². The van der Waals surface area contributed by atoms with Crippen molar-refractivity contribution in [2.24, 2.45) is 0 Å². The maximum absolute atomic E-state index is 12.6. The summed E-state index contributed by atoms with van der Waals surface area (Å²) in [6, 6.07) is 5.17. The number of benzene rings is 1. The number of phenols is 1. The zero-order chi connectivity index (χ0) is 14.2. The van der Waals surface area contributed by atoms with E-state index in [-0.39, 0.29) is 17.6 Å². The summed E-state index contributed by atoms with van der Waals surface area (Å²) in [4.78, 5) is 0. The van der Waals surface area contributed by atoms with E-state index in [1.165, 1.54) is 4.31 Å². The fourth-order valence-corrected chi connectivity index (χ4v) is 4.78. The fraction of sp³-hybridized carbons (Fsp3) is 0.571. The number of rotatable bonds is 3. The molecule has 0 bridgehead atoms. The maximum atomic E-state index is 12.6. The number of para-hydroxylation sites is 1. The molecule has 1 aromatic carbocycles. The number of anilines is 1. The highest BCUT2D eigenvalue weighted by Gasteiger charge is 2.33. The Balaban J connectivity index is 1.91. The van der Waals surface area contributed by atoms with Gasteiger partial charge in [0.2, 0.25) is 10.0 Å². The molecule has 0 saturated carbocycles. The van der Waals surface area contributed by atoms with E-state index < -0.39 is 10.0 Å². The fourth-order valence-electron chi connectivity index (χ4n) is 2.97. The number of nitrogens with zero attached hydrogens (tertiary/aromatic N) is 1.